The second-order valence-corrected chi connectivity index (χ2v) is 9.15. The fraction of sp³-hybridized carbons (Fsp3) is 0.440. The fourth-order valence-corrected chi connectivity index (χ4v) is 4.42. The van der Waals surface area contributed by atoms with Crippen LogP contribution in [-0.2, 0) is 17.6 Å². The van der Waals surface area contributed by atoms with Gasteiger partial charge in [0.05, 0.1) is 18.4 Å². The normalized spacial score (nSPS) is 14.8. The van der Waals surface area contributed by atoms with E-state index in [4.69, 9.17) is 0 Å². The molecule has 0 aliphatic heterocycles. The zero-order chi connectivity index (χ0) is 24.0. The average molecular weight is 454 g/mol. The molecule has 0 aromatic heterocycles. The summed E-state index contributed by atoms with van der Waals surface area (Å²) in [6, 6.07) is 10.7. The number of benzene rings is 2. The van der Waals surface area contributed by atoms with Crippen LogP contribution in [0, 0.1) is 11.7 Å². The molecule has 0 radical (unpaired) electrons. The number of fused-ring (bicyclic) bond motifs is 1. The summed E-state index contributed by atoms with van der Waals surface area (Å²) < 4.78 is 13.9. The molecule has 0 saturated carbocycles. The highest BCUT2D eigenvalue weighted by Crippen LogP contribution is 2.26. The van der Waals surface area contributed by atoms with Gasteiger partial charge in [-0.05, 0) is 72.9 Å². The number of halogens is 1. The summed E-state index contributed by atoms with van der Waals surface area (Å²) in [5.74, 6) is -1.93. The maximum Gasteiger partial charge on any atom is 0.475 e. The molecule has 2 aromatic carbocycles. The Labute approximate surface area is 194 Å². The van der Waals surface area contributed by atoms with Gasteiger partial charge in [0.25, 0.3) is 5.91 Å². The minimum atomic E-state index is -1.70. The number of rotatable bonds is 9. The Morgan fingerprint density at radius 3 is 2.48 bits per heavy atom. The van der Waals surface area contributed by atoms with Gasteiger partial charge in [-0.15, -0.1) is 0 Å². The van der Waals surface area contributed by atoms with Gasteiger partial charge >= 0.3 is 7.12 Å². The van der Waals surface area contributed by atoms with Crippen LogP contribution in [0.2, 0.25) is 0 Å². The third kappa shape index (κ3) is 6.89. The summed E-state index contributed by atoms with van der Waals surface area (Å²) in [6.07, 6.45) is 4.11. The van der Waals surface area contributed by atoms with Crippen molar-refractivity contribution in [2.45, 2.75) is 64.4 Å². The molecule has 0 heterocycles. The van der Waals surface area contributed by atoms with Gasteiger partial charge < -0.3 is 20.7 Å². The van der Waals surface area contributed by atoms with Crippen molar-refractivity contribution in [2.75, 3.05) is 0 Å². The highest BCUT2D eigenvalue weighted by molar-refractivity contribution is 6.43. The van der Waals surface area contributed by atoms with Gasteiger partial charge in [-0.25, -0.2) is 4.39 Å². The molecule has 0 saturated heterocycles. The van der Waals surface area contributed by atoms with E-state index in [2.05, 4.69) is 10.6 Å². The summed E-state index contributed by atoms with van der Waals surface area (Å²) >= 11 is 0. The average Bonchev–Trinajstić information content (AvgIpc) is 2.77. The van der Waals surface area contributed by atoms with Crippen molar-refractivity contribution in [1.82, 2.24) is 10.6 Å². The molecule has 0 spiro atoms. The Kier molecular flexibility index (Phi) is 8.64. The minimum absolute atomic E-state index is 0.139. The number of carbonyl (C=O) groups is 2. The lowest BCUT2D eigenvalue weighted by atomic mass is 9.75. The third-order valence-corrected chi connectivity index (χ3v) is 6.02. The molecular formula is C25H32BFN2O4. The van der Waals surface area contributed by atoms with Crippen LogP contribution in [0.1, 0.15) is 72.6 Å². The first kappa shape index (κ1) is 24.9. The quantitative estimate of drug-likeness (QED) is 0.438. The van der Waals surface area contributed by atoms with Gasteiger partial charge in [-0.2, -0.15) is 0 Å². The monoisotopic (exact) mass is 454 g/mol. The molecule has 2 amide bonds. The zero-order valence-electron chi connectivity index (χ0n) is 19.2. The number of hydrogen-bond acceptors (Lipinski definition) is 4. The highest BCUT2D eigenvalue weighted by atomic mass is 19.1. The molecule has 2 atom stereocenters. The molecule has 176 valence electrons. The van der Waals surface area contributed by atoms with Crippen molar-refractivity contribution < 1.29 is 24.0 Å². The second kappa shape index (κ2) is 11.4. The van der Waals surface area contributed by atoms with Gasteiger partial charge in [0.2, 0.25) is 5.91 Å². The maximum absolute atomic E-state index is 13.9. The number of aryl methyl sites for hydroxylation is 1. The Bertz CT molecular complexity index is 983. The first-order chi connectivity index (χ1) is 15.7. The Hall–Kier alpha value is -2.71. The van der Waals surface area contributed by atoms with Crippen LogP contribution in [0.3, 0.4) is 0 Å². The summed E-state index contributed by atoms with van der Waals surface area (Å²) in [5.41, 5.74) is 3.25. The molecule has 4 N–H and O–H groups in total. The third-order valence-electron chi connectivity index (χ3n) is 6.02. The SMILES string of the molecule is CC(C)C[C@H](NC(=O)CC(NC(=O)c1cccc2c1CCCC2)c1cccc(F)c1)B(O)O. The van der Waals surface area contributed by atoms with Gasteiger partial charge in [0, 0.05) is 5.56 Å². The standard InChI is InChI=1S/C25H32BFN2O4/c1-16(2)13-23(26(32)33)29-24(30)15-22(18-9-5-10-19(27)14-18)28-25(31)21-12-6-8-17-7-3-4-11-20(17)21/h5-6,8-10,12,14,16,22-23,32-33H,3-4,7,11,13,15H2,1-2H3,(H,28,31)(H,29,30)/t22?,23-/m0/s1. The van der Waals surface area contributed by atoms with E-state index >= 15 is 0 Å². The van der Waals surface area contributed by atoms with E-state index < -0.39 is 30.8 Å². The topological polar surface area (TPSA) is 98.7 Å². The molecule has 1 unspecified atom stereocenters. The van der Waals surface area contributed by atoms with Crippen molar-refractivity contribution in [2.24, 2.45) is 5.92 Å². The molecule has 33 heavy (non-hydrogen) atoms. The summed E-state index contributed by atoms with van der Waals surface area (Å²) in [7, 11) is -1.70. The van der Waals surface area contributed by atoms with Gasteiger partial charge in [0.1, 0.15) is 5.82 Å². The Morgan fingerprint density at radius 1 is 1.06 bits per heavy atom. The van der Waals surface area contributed by atoms with E-state index in [1.807, 2.05) is 26.0 Å². The van der Waals surface area contributed by atoms with Crippen LogP contribution in [0.5, 0.6) is 0 Å². The largest absolute Gasteiger partial charge is 0.475 e. The van der Waals surface area contributed by atoms with Gasteiger partial charge in [-0.3, -0.25) is 9.59 Å². The summed E-state index contributed by atoms with van der Waals surface area (Å²) in [6.45, 7) is 3.83. The smallest absolute Gasteiger partial charge is 0.426 e. The summed E-state index contributed by atoms with van der Waals surface area (Å²) in [4.78, 5) is 26.0. The van der Waals surface area contributed by atoms with Crippen molar-refractivity contribution in [3.8, 4) is 0 Å². The van der Waals surface area contributed by atoms with Crippen molar-refractivity contribution in [1.29, 1.82) is 0 Å². The van der Waals surface area contributed by atoms with Crippen molar-refractivity contribution >= 4 is 18.9 Å². The predicted octanol–water partition coefficient (Wildman–Crippen LogP) is 3.11. The predicted molar refractivity (Wildman–Crippen MR) is 126 cm³/mol. The van der Waals surface area contributed by atoms with Crippen LogP contribution in [0.4, 0.5) is 4.39 Å². The van der Waals surface area contributed by atoms with E-state index in [1.165, 1.54) is 23.8 Å². The van der Waals surface area contributed by atoms with E-state index in [9.17, 15) is 24.0 Å². The van der Waals surface area contributed by atoms with Gasteiger partial charge in [-0.1, -0.05) is 38.1 Å². The highest BCUT2D eigenvalue weighted by Gasteiger charge is 2.28. The second-order valence-electron chi connectivity index (χ2n) is 9.15. The van der Waals surface area contributed by atoms with E-state index in [0.717, 1.165) is 31.2 Å². The lowest BCUT2D eigenvalue weighted by molar-refractivity contribution is -0.122. The first-order valence-electron chi connectivity index (χ1n) is 11.6. The first-order valence-corrected chi connectivity index (χ1v) is 11.6. The fourth-order valence-electron chi connectivity index (χ4n) is 4.42. The van der Waals surface area contributed by atoms with Crippen LogP contribution in [-0.4, -0.2) is 34.9 Å². The van der Waals surface area contributed by atoms with E-state index in [-0.39, 0.29) is 18.2 Å². The molecule has 0 fully saturated rings. The molecule has 8 heteroatoms. The lowest BCUT2D eigenvalue weighted by Gasteiger charge is -2.24. The van der Waals surface area contributed by atoms with Crippen LogP contribution >= 0.6 is 0 Å². The van der Waals surface area contributed by atoms with Crippen molar-refractivity contribution in [3.63, 3.8) is 0 Å². The maximum atomic E-state index is 13.9. The number of hydrogen-bond donors (Lipinski definition) is 4. The zero-order valence-corrected chi connectivity index (χ0v) is 19.2. The molecule has 3 rings (SSSR count). The van der Waals surface area contributed by atoms with E-state index in [1.54, 1.807) is 12.1 Å². The number of carbonyl (C=O) groups excluding carboxylic acids is 2. The molecular weight excluding hydrogens is 422 g/mol. The Morgan fingerprint density at radius 2 is 1.79 bits per heavy atom. The van der Waals surface area contributed by atoms with Crippen LogP contribution < -0.4 is 10.6 Å². The minimum Gasteiger partial charge on any atom is -0.426 e. The van der Waals surface area contributed by atoms with Crippen LogP contribution in [0.15, 0.2) is 42.5 Å². The Balaban J connectivity index is 1.81. The van der Waals surface area contributed by atoms with Gasteiger partial charge in [0.15, 0.2) is 0 Å². The van der Waals surface area contributed by atoms with Crippen molar-refractivity contribution in [3.05, 3.63) is 70.5 Å². The lowest BCUT2D eigenvalue weighted by Crippen LogP contribution is -2.48. The molecule has 1 aliphatic rings. The number of nitrogens with one attached hydrogen (secondary N) is 2. The molecule has 1 aliphatic carbocycles. The van der Waals surface area contributed by atoms with Crippen LogP contribution in [0.25, 0.3) is 0 Å². The molecule has 2 aromatic rings. The van der Waals surface area contributed by atoms with E-state index in [0.29, 0.717) is 17.5 Å². The summed E-state index contributed by atoms with van der Waals surface area (Å²) in [5, 5.41) is 24.8. The number of amides is 2. The molecule has 6 nitrogen and oxygen atoms in total. The molecule has 0 bridgehead atoms.